The Labute approximate surface area is 219 Å². The van der Waals surface area contributed by atoms with E-state index in [1.54, 1.807) is 6.20 Å². The van der Waals surface area contributed by atoms with E-state index in [4.69, 9.17) is 5.10 Å². The standard InChI is InChI=1S/C26H32N6O4S/c1-3-26(7-10-31(11-8-26)25(35)36)32-20-6-9-27-23(33)21(20)22(29-32)28-18-4-5-19(17(2)16-18)24(34)30-12-14-37-15-13-30/h4-6,9,16H,3,7-8,10-15H2,1-2H3,(H,27,33)(H,28,29)(H,35,36). The normalized spacial score (nSPS) is 17.7. The largest absolute Gasteiger partial charge is 0.465 e. The van der Waals surface area contributed by atoms with Crippen LogP contribution in [-0.2, 0) is 5.54 Å². The zero-order chi connectivity index (χ0) is 26.2. The highest BCUT2D eigenvalue weighted by Gasteiger charge is 2.38. The van der Waals surface area contributed by atoms with E-state index in [0.717, 1.165) is 42.3 Å². The van der Waals surface area contributed by atoms with Gasteiger partial charge in [0.1, 0.15) is 5.39 Å². The Bertz CT molecular complexity index is 1390. The summed E-state index contributed by atoms with van der Waals surface area (Å²) in [6.45, 7) is 6.35. The molecule has 0 spiro atoms. The summed E-state index contributed by atoms with van der Waals surface area (Å²) in [5, 5.41) is 18.1. The molecule has 0 atom stereocenters. The molecule has 5 rings (SSSR count). The molecule has 11 heteroatoms. The molecular formula is C26H32N6O4S. The van der Waals surface area contributed by atoms with E-state index in [9.17, 15) is 19.5 Å². The van der Waals surface area contributed by atoms with Crippen molar-refractivity contribution in [3.63, 3.8) is 0 Å². The van der Waals surface area contributed by atoms with Gasteiger partial charge >= 0.3 is 6.09 Å². The van der Waals surface area contributed by atoms with Crippen LogP contribution in [0.4, 0.5) is 16.3 Å². The molecule has 196 valence electrons. The van der Waals surface area contributed by atoms with Crippen molar-refractivity contribution in [1.29, 1.82) is 0 Å². The van der Waals surface area contributed by atoms with Crippen molar-refractivity contribution in [3.8, 4) is 0 Å². The number of hydrogen-bond acceptors (Lipinski definition) is 6. The topological polar surface area (TPSA) is 124 Å². The van der Waals surface area contributed by atoms with Crippen LogP contribution >= 0.6 is 11.8 Å². The number of nitrogens with zero attached hydrogens (tertiary/aromatic N) is 4. The van der Waals surface area contributed by atoms with Crippen LogP contribution in [0, 0.1) is 6.92 Å². The average molecular weight is 525 g/mol. The molecule has 2 aromatic heterocycles. The minimum atomic E-state index is -0.912. The lowest BCUT2D eigenvalue weighted by atomic mass is 9.85. The van der Waals surface area contributed by atoms with Crippen molar-refractivity contribution in [1.82, 2.24) is 24.6 Å². The number of nitrogens with one attached hydrogen (secondary N) is 2. The van der Waals surface area contributed by atoms with Crippen molar-refractivity contribution in [3.05, 3.63) is 51.9 Å². The molecule has 0 saturated carbocycles. The van der Waals surface area contributed by atoms with Gasteiger partial charge in [-0.05, 0) is 56.0 Å². The van der Waals surface area contributed by atoms with Gasteiger partial charge in [-0.15, -0.1) is 0 Å². The number of pyridine rings is 1. The van der Waals surface area contributed by atoms with E-state index in [-0.39, 0.29) is 11.5 Å². The molecule has 2 aliphatic heterocycles. The second-order valence-corrected chi connectivity index (χ2v) is 11.0. The third-order valence-corrected chi connectivity index (χ3v) is 8.64. The van der Waals surface area contributed by atoms with Crippen LogP contribution in [0.5, 0.6) is 0 Å². The number of H-pyrrole nitrogens is 1. The van der Waals surface area contributed by atoms with Crippen molar-refractivity contribution in [2.24, 2.45) is 0 Å². The summed E-state index contributed by atoms with van der Waals surface area (Å²) in [5.41, 5.74) is 2.36. The van der Waals surface area contributed by atoms with Crippen molar-refractivity contribution < 1.29 is 14.7 Å². The summed E-state index contributed by atoms with van der Waals surface area (Å²) in [7, 11) is 0. The van der Waals surface area contributed by atoms with Crippen LogP contribution in [0.2, 0.25) is 0 Å². The molecule has 0 aliphatic carbocycles. The molecule has 37 heavy (non-hydrogen) atoms. The number of hydrogen-bond donors (Lipinski definition) is 3. The maximum Gasteiger partial charge on any atom is 0.407 e. The SMILES string of the molecule is CCC1(n2nc(Nc3ccc(C(=O)N4CCSCC4)c(C)c3)c3c(=O)[nH]ccc32)CCN(C(=O)O)CC1. The van der Waals surface area contributed by atoms with E-state index in [2.05, 4.69) is 17.2 Å². The van der Waals surface area contributed by atoms with E-state index in [0.29, 0.717) is 48.2 Å². The van der Waals surface area contributed by atoms with Crippen LogP contribution in [0.25, 0.3) is 10.9 Å². The number of likely N-dealkylation sites (tertiary alicyclic amines) is 1. The van der Waals surface area contributed by atoms with E-state index < -0.39 is 11.6 Å². The number of aromatic nitrogens is 3. The second-order valence-electron chi connectivity index (χ2n) is 9.73. The highest BCUT2D eigenvalue weighted by Crippen LogP contribution is 2.37. The molecule has 0 bridgehead atoms. The Morgan fingerprint density at radius 3 is 2.51 bits per heavy atom. The number of amides is 2. The summed E-state index contributed by atoms with van der Waals surface area (Å²) in [4.78, 5) is 43.5. The van der Waals surface area contributed by atoms with Crippen LogP contribution in [0.3, 0.4) is 0 Å². The number of aryl methyl sites for hydroxylation is 1. The van der Waals surface area contributed by atoms with Gasteiger partial charge in [0.05, 0.1) is 11.1 Å². The lowest BCUT2D eigenvalue weighted by Crippen LogP contribution is -2.47. The lowest BCUT2D eigenvalue weighted by Gasteiger charge is -2.41. The quantitative estimate of drug-likeness (QED) is 0.463. The van der Waals surface area contributed by atoms with Gasteiger partial charge in [0, 0.05) is 55.1 Å². The van der Waals surface area contributed by atoms with Gasteiger partial charge in [-0.1, -0.05) is 6.92 Å². The molecule has 2 amide bonds. The molecule has 2 aliphatic rings. The molecule has 0 radical (unpaired) electrons. The number of carbonyl (C=O) groups excluding carboxylic acids is 1. The minimum absolute atomic E-state index is 0.0492. The van der Waals surface area contributed by atoms with E-state index in [1.807, 2.05) is 52.5 Å². The fourth-order valence-corrected chi connectivity index (χ4v) is 6.31. The Morgan fingerprint density at radius 2 is 1.86 bits per heavy atom. The summed E-state index contributed by atoms with van der Waals surface area (Å²) < 4.78 is 1.91. The average Bonchev–Trinajstić information content (AvgIpc) is 3.29. The summed E-state index contributed by atoms with van der Waals surface area (Å²) in [6.07, 6.45) is 2.69. The number of thioether (sulfide) groups is 1. The van der Waals surface area contributed by atoms with Crippen LogP contribution < -0.4 is 10.9 Å². The Hall–Kier alpha value is -3.47. The number of anilines is 2. The molecule has 10 nitrogen and oxygen atoms in total. The second kappa shape index (κ2) is 10.1. The minimum Gasteiger partial charge on any atom is -0.465 e. The summed E-state index contributed by atoms with van der Waals surface area (Å²) in [5.74, 6) is 2.41. The van der Waals surface area contributed by atoms with Gasteiger partial charge in [0.25, 0.3) is 11.5 Å². The lowest BCUT2D eigenvalue weighted by molar-refractivity contribution is 0.0771. The number of carboxylic acid groups (broad SMARTS) is 1. The Morgan fingerprint density at radius 1 is 1.14 bits per heavy atom. The smallest absolute Gasteiger partial charge is 0.407 e. The molecule has 3 aromatic rings. The number of rotatable bonds is 5. The molecule has 2 saturated heterocycles. The predicted octanol–water partition coefficient (Wildman–Crippen LogP) is 3.84. The first-order valence-corrected chi connectivity index (χ1v) is 13.8. The van der Waals surface area contributed by atoms with Gasteiger partial charge in [-0.2, -0.15) is 16.9 Å². The predicted molar refractivity (Wildman–Crippen MR) is 145 cm³/mol. The zero-order valence-corrected chi connectivity index (χ0v) is 21.9. The van der Waals surface area contributed by atoms with Crippen molar-refractivity contribution >= 4 is 46.2 Å². The number of benzene rings is 1. The number of piperidine rings is 1. The third kappa shape index (κ3) is 4.68. The zero-order valence-electron chi connectivity index (χ0n) is 21.1. The first-order valence-electron chi connectivity index (χ1n) is 12.7. The Balaban J connectivity index is 1.47. The van der Waals surface area contributed by atoms with Gasteiger partial charge in [0.15, 0.2) is 5.82 Å². The maximum absolute atomic E-state index is 13.0. The van der Waals surface area contributed by atoms with Gasteiger partial charge in [-0.25, -0.2) is 4.79 Å². The molecule has 0 unspecified atom stereocenters. The van der Waals surface area contributed by atoms with Crippen molar-refractivity contribution in [2.75, 3.05) is 43.0 Å². The van der Waals surface area contributed by atoms with E-state index >= 15 is 0 Å². The van der Waals surface area contributed by atoms with E-state index in [1.165, 1.54) is 4.90 Å². The maximum atomic E-state index is 13.0. The van der Waals surface area contributed by atoms with Gasteiger partial charge in [0.2, 0.25) is 0 Å². The summed E-state index contributed by atoms with van der Waals surface area (Å²) in [6, 6.07) is 7.44. The highest BCUT2D eigenvalue weighted by molar-refractivity contribution is 7.99. The number of carbonyl (C=O) groups is 2. The van der Waals surface area contributed by atoms with Crippen LogP contribution in [0.1, 0.15) is 42.1 Å². The Kier molecular flexibility index (Phi) is 6.89. The van der Waals surface area contributed by atoms with Crippen LogP contribution in [-0.4, -0.2) is 79.4 Å². The first kappa shape index (κ1) is 25.2. The first-order chi connectivity index (χ1) is 17.8. The molecule has 3 N–H and O–H groups in total. The highest BCUT2D eigenvalue weighted by atomic mass is 32.2. The number of aromatic amines is 1. The fraction of sp³-hybridized carbons (Fsp3) is 0.462. The molecule has 1 aromatic carbocycles. The van der Waals surface area contributed by atoms with Gasteiger partial charge in [-0.3, -0.25) is 14.3 Å². The molecule has 4 heterocycles. The molecule has 2 fully saturated rings. The third-order valence-electron chi connectivity index (χ3n) is 7.69. The monoisotopic (exact) mass is 524 g/mol. The fourth-order valence-electron chi connectivity index (χ4n) is 5.41. The van der Waals surface area contributed by atoms with Crippen molar-refractivity contribution in [2.45, 2.75) is 38.6 Å². The van der Waals surface area contributed by atoms with Crippen LogP contribution in [0.15, 0.2) is 35.3 Å². The molecular weight excluding hydrogens is 492 g/mol. The number of fused-ring (bicyclic) bond motifs is 1. The van der Waals surface area contributed by atoms with Gasteiger partial charge < -0.3 is 25.2 Å². The summed E-state index contributed by atoms with van der Waals surface area (Å²) >= 11 is 1.87.